The van der Waals surface area contributed by atoms with Gasteiger partial charge in [-0.15, -0.1) is 0 Å². The lowest BCUT2D eigenvalue weighted by molar-refractivity contribution is -0.134. The molecule has 5 rings (SSSR count). The number of carbonyl (C=O) groups excluding carboxylic acids is 1. The summed E-state index contributed by atoms with van der Waals surface area (Å²) < 4.78 is 14.8. The van der Waals surface area contributed by atoms with E-state index in [1.807, 2.05) is 12.1 Å². The molecule has 0 spiro atoms. The topological polar surface area (TPSA) is 35.9 Å². The third kappa shape index (κ3) is 4.33. The zero-order chi connectivity index (χ0) is 22.9. The van der Waals surface area contributed by atoms with Gasteiger partial charge in [0.05, 0.1) is 18.3 Å². The van der Waals surface area contributed by atoms with Crippen molar-refractivity contribution < 1.29 is 9.18 Å². The van der Waals surface area contributed by atoms with Gasteiger partial charge in [-0.25, -0.2) is 9.40 Å². The number of hydrogen-bond donors (Lipinski definition) is 0. The van der Waals surface area contributed by atoms with E-state index in [0.29, 0.717) is 12.0 Å². The quantitative estimate of drug-likeness (QED) is 0.559. The van der Waals surface area contributed by atoms with E-state index in [-0.39, 0.29) is 18.3 Å². The van der Waals surface area contributed by atoms with Crippen LogP contribution in [-0.2, 0) is 17.8 Å². The first-order chi connectivity index (χ1) is 16.0. The van der Waals surface area contributed by atoms with Gasteiger partial charge in [0.15, 0.2) is 0 Å². The van der Waals surface area contributed by atoms with E-state index in [1.54, 1.807) is 12.1 Å². The summed E-state index contributed by atoms with van der Waals surface area (Å²) in [6.45, 7) is 5.95. The van der Waals surface area contributed by atoms with Gasteiger partial charge in [-0.3, -0.25) is 9.69 Å². The molecule has 2 heterocycles. The van der Waals surface area contributed by atoms with Crippen LogP contribution in [0.1, 0.15) is 45.8 Å². The maximum Gasteiger partial charge on any atom is 0.257 e. The summed E-state index contributed by atoms with van der Waals surface area (Å²) in [5.41, 5.74) is 7.27. The van der Waals surface area contributed by atoms with Crippen molar-refractivity contribution in [3.05, 3.63) is 106 Å². The molecule has 0 aliphatic carbocycles. The van der Waals surface area contributed by atoms with Crippen molar-refractivity contribution in [1.29, 1.82) is 0 Å². The Kier molecular flexibility index (Phi) is 5.81. The second kappa shape index (κ2) is 8.91. The molecule has 0 radical (unpaired) electrons. The normalized spacial score (nSPS) is 18.2. The second-order valence-corrected chi connectivity index (χ2v) is 9.07. The molecular formula is C28H28FN3O. The molecule has 0 bridgehead atoms. The summed E-state index contributed by atoms with van der Waals surface area (Å²) in [5.74, 6) is -0.397. The fourth-order valence-electron chi connectivity index (χ4n) is 4.98. The summed E-state index contributed by atoms with van der Waals surface area (Å²) in [6, 6.07) is 20.9. The van der Waals surface area contributed by atoms with Crippen molar-refractivity contribution in [2.45, 2.75) is 39.3 Å². The summed E-state index contributed by atoms with van der Waals surface area (Å²) in [5, 5.41) is 6.29. The highest BCUT2D eigenvalue weighted by atomic mass is 19.1. The smallest absolute Gasteiger partial charge is 0.257 e. The summed E-state index contributed by atoms with van der Waals surface area (Å²) >= 11 is 0. The van der Waals surface area contributed by atoms with Gasteiger partial charge in [0.25, 0.3) is 5.91 Å². The Morgan fingerprint density at radius 1 is 1.03 bits per heavy atom. The Morgan fingerprint density at radius 3 is 2.58 bits per heavy atom. The Hall–Kier alpha value is -3.31. The van der Waals surface area contributed by atoms with Gasteiger partial charge in [0.2, 0.25) is 0 Å². The molecule has 0 fully saturated rings. The van der Waals surface area contributed by atoms with E-state index in [2.05, 4.69) is 55.1 Å². The van der Waals surface area contributed by atoms with Crippen LogP contribution in [0.15, 0.2) is 71.8 Å². The number of carbonyl (C=O) groups is 1. The first-order valence-corrected chi connectivity index (χ1v) is 11.5. The van der Waals surface area contributed by atoms with Crippen LogP contribution in [0.25, 0.3) is 0 Å². The van der Waals surface area contributed by atoms with E-state index in [1.165, 1.54) is 27.8 Å². The monoisotopic (exact) mass is 441 g/mol. The average molecular weight is 442 g/mol. The zero-order valence-corrected chi connectivity index (χ0v) is 19.1. The number of nitrogens with zero attached hydrogens (tertiary/aromatic N) is 3. The number of aryl methyl sites for hydroxylation is 2. The highest BCUT2D eigenvalue weighted by molar-refractivity contribution is 6.04. The lowest BCUT2D eigenvalue weighted by atomic mass is 9.95. The van der Waals surface area contributed by atoms with Crippen molar-refractivity contribution in [2.24, 2.45) is 5.10 Å². The Labute approximate surface area is 194 Å². The standard InChI is InChI=1S/C28H28FN3O/c1-19-11-12-23(20(2)15-19)26-16-27(24-9-5-6-10-25(24)29)32(30-26)28(33)18-31-14-13-21-7-3-4-8-22(21)17-31/h3-12,15,27H,13-14,16-18H2,1-2H3. The molecule has 2 aliphatic rings. The number of rotatable bonds is 4. The minimum atomic E-state index is -0.438. The molecule has 1 unspecified atom stereocenters. The maximum absolute atomic E-state index is 14.8. The summed E-state index contributed by atoms with van der Waals surface area (Å²) in [6.07, 6.45) is 1.43. The van der Waals surface area contributed by atoms with E-state index in [4.69, 9.17) is 5.10 Å². The number of halogens is 1. The highest BCUT2D eigenvalue weighted by Gasteiger charge is 2.35. The minimum absolute atomic E-state index is 0.0950. The molecule has 0 aromatic heterocycles. The van der Waals surface area contributed by atoms with E-state index < -0.39 is 6.04 Å². The lowest BCUT2D eigenvalue weighted by Crippen LogP contribution is -2.40. The fraction of sp³-hybridized carbons (Fsp3) is 0.286. The van der Waals surface area contributed by atoms with Crippen molar-refractivity contribution in [3.63, 3.8) is 0 Å². The van der Waals surface area contributed by atoms with Crippen LogP contribution in [0.5, 0.6) is 0 Å². The van der Waals surface area contributed by atoms with Crippen molar-refractivity contribution in [3.8, 4) is 0 Å². The molecule has 0 saturated heterocycles. The Morgan fingerprint density at radius 2 is 1.79 bits per heavy atom. The molecule has 168 valence electrons. The van der Waals surface area contributed by atoms with Crippen LogP contribution in [0.2, 0.25) is 0 Å². The van der Waals surface area contributed by atoms with Crippen molar-refractivity contribution >= 4 is 11.6 Å². The fourth-order valence-corrected chi connectivity index (χ4v) is 4.98. The third-order valence-corrected chi connectivity index (χ3v) is 6.69. The molecule has 5 heteroatoms. The average Bonchev–Trinajstić information content (AvgIpc) is 3.24. The van der Waals surface area contributed by atoms with Crippen LogP contribution in [0.3, 0.4) is 0 Å². The molecule has 0 N–H and O–H groups in total. The number of benzene rings is 3. The Balaban J connectivity index is 1.43. The zero-order valence-electron chi connectivity index (χ0n) is 19.1. The first-order valence-electron chi connectivity index (χ1n) is 11.5. The third-order valence-electron chi connectivity index (χ3n) is 6.69. The van der Waals surface area contributed by atoms with Crippen LogP contribution in [0.4, 0.5) is 4.39 Å². The molecule has 3 aromatic carbocycles. The molecule has 1 atom stereocenters. The molecule has 4 nitrogen and oxygen atoms in total. The largest absolute Gasteiger partial charge is 0.290 e. The minimum Gasteiger partial charge on any atom is -0.290 e. The van der Waals surface area contributed by atoms with Gasteiger partial charge in [-0.2, -0.15) is 5.10 Å². The molecule has 1 amide bonds. The summed E-state index contributed by atoms with van der Waals surface area (Å²) in [4.78, 5) is 15.7. The number of amides is 1. The van der Waals surface area contributed by atoms with Crippen LogP contribution < -0.4 is 0 Å². The number of hydrazone groups is 1. The van der Waals surface area contributed by atoms with Gasteiger partial charge < -0.3 is 0 Å². The predicted octanol–water partition coefficient (Wildman–Crippen LogP) is 5.18. The van der Waals surface area contributed by atoms with E-state index in [9.17, 15) is 9.18 Å². The molecule has 0 saturated carbocycles. The maximum atomic E-state index is 14.8. The number of fused-ring (bicyclic) bond motifs is 1. The van der Waals surface area contributed by atoms with Gasteiger partial charge in [-0.1, -0.05) is 66.2 Å². The van der Waals surface area contributed by atoms with E-state index >= 15 is 0 Å². The second-order valence-electron chi connectivity index (χ2n) is 9.07. The van der Waals surface area contributed by atoms with Crippen LogP contribution in [0, 0.1) is 19.7 Å². The van der Waals surface area contributed by atoms with Crippen molar-refractivity contribution in [2.75, 3.05) is 13.1 Å². The lowest BCUT2D eigenvalue weighted by Gasteiger charge is -2.30. The van der Waals surface area contributed by atoms with Gasteiger partial charge in [0, 0.05) is 30.6 Å². The first kappa shape index (κ1) is 21.5. The van der Waals surface area contributed by atoms with E-state index in [0.717, 1.165) is 36.3 Å². The molecule has 3 aromatic rings. The molecule has 2 aliphatic heterocycles. The predicted molar refractivity (Wildman–Crippen MR) is 128 cm³/mol. The van der Waals surface area contributed by atoms with Gasteiger partial charge in [-0.05, 0) is 43.0 Å². The molecular weight excluding hydrogens is 413 g/mol. The highest BCUT2D eigenvalue weighted by Crippen LogP contribution is 2.35. The summed E-state index contributed by atoms with van der Waals surface area (Å²) in [7, 11) is 0. The van der Waals surface area contributed by atoms with Crippen LogP contribution in [-0.4, -0.2) is 34.6 Å². The Bertz CT molecular complexity index is 1240. The van der Waals surface area contributed by atoms with Crippen LogP contribution >= 0.6 is 0 Å². The van der Waals surface area contributed by atoms with Crippen molar-refractivity contribution in [1.82, 2.24) is 9.91 Å². The SMILES string of the molecule is Cc1ccc(C2=NN(C(=O)CN3CCc4ccccc4C3)C(c3ccccc3F)C2)c(C)c1. The number of hydrogen-bond acceptors (Lipinski definition) is 3. The van der Waals surface area contributed by atoms with Gasteiger partial charge in [0.1, 0.15) is 5.82 Å². The van der Waals surface area contributed by atoms with Gasteiger partial charge >= 0.3 is 0 Å². The molecule has 33 heavy (non-hydrogen) atoms.